The molecule has 2 nitrogen and oxygen atoms in total. The van der Waals surface area contributed by atoms with E-state index in [4.69, 9.17) is 9.47 Å². The molecule has 0 aliphatic carbocycles. The van der Waals surface area contributed by atoms with E-state index in [0.717, 1.165) is 26.1 Å². The van der Waals surface area contributed by atoms with Crippen molar-refractivity contribution < 1.29 is 9.47 Å². The van der Waals surface area contributed by atoms with Crippen molar-refractivity contribution in [2.24, 2.45) is 5.41 Å². The fourth-order valence-corrected chi connectivity index (χ4v) is 2.56. The molecule has 0 aromatic carbocycles. The van der Waals surface area contributed by atoms with E-state index in [1.165, 1.54) is 5.57 Å². The molecule has 1 aliphatic rings. The van der Waals surface area contributed by atoms with Crippen molar-refractivity contribution >= 4 is 0 Å². The van der Waals surface area contributed by atoms with E-state index in [9.17, 15) is 0 Å². The molecule has 0 radical (unpaired) electrons. The quantitative estimate of drug-likeness (QED) is 0.647. The fourth-order valence-electron chi connectivity index (χ4n) is 2.56. The SMILES string of the molecule is C=C(C)CC1(COC)COC(C)(C)C1. The van der Waals surface area contributed by atoms with E-state index in [0.29, 0.717) is 0 Å². The van der Waals surface area contributed by atoms with Gasteiger partial charge in [-0.2, -0.15) is 0 Å². The topological polar surface area (TPSA) is 18.5 Å². The molecule has 1 rings (SSSR count). The van der Waals surface area contributed by atoms with Crippen LogP contribution in [0.5, 0.6) is 0 Å². The second-order valence-electron chi connectivity index (χ2n) is 5.29. The average molecular weight is 198 g/mol. The summed E-state index contributed by atoms with van der Waals surface area (Å²) >= 11 is 0. The molecule has 14 heavy (non-hydrogen) atoms. The molecule has 0 saturated carbocycles. The molecule has 0 aromatic rings. The normalized spacial score (nSPS) is 30.6. The molecule has 1 heterocycles. The van der Waals surface area contributed by atoms with E-state index < -0.39 is 0 Å². The van der Waals surface area contributed by atoms with Crippen LogP contribution in [0.2, 0.25) is 0 Å². The maximum absolute atomic E-state index is 5.79. The first-order chi connectivity index (χ1) is 6.39. The second kappa shape index (κ2) is 4.03. The Hall–Kier alpha value is -0.340. The number of rotatable bonds is 4. The standard InChI is InChI=1S/C12H22O2/c1-10(2)6-12(8-13-5)7-11(3,4)14-9-12/h1,6-9H2,2-5H3. The highest BCUT2D eigenvalue weighted by Crippen LogP contribution is 2.43. The van der Waals surface area contributed by atoms with Gasteiger partial charge < -0.3 is 9.47 Å². The molecule has 0 amide bonds. The molecule has 0 N–H and O–H groups in total. The highest BCUT2D eigenvalue weighted by atomic mass is 16.5. The number of ether oxygens (including phenoxy) is 2. The number of hydrogen-bond acceptors (Lipinski definition) is 2. The Morgan fingerprint density at radius 1 is 1.50 bits per heavy atom. The van der Waals surface area contributed by atoms with Gasteiger partial charge in [0.1, 0.15) is 0 Å². The van der Waals surface area contributed by atoms with Crippen LogP contribution < -0.4 is 0 Å². The van der Waals surface area contributed by atoms with E-state index in [-0.39, 0.29) is 11.0 Å². The van der Waals surface area contributed by atoms with Crippen molar-refractivity contribution in [1.29, 1.82) is 0 Å². The van der Waals surface area contributed by atoms with Crippen LogP contribution in [0.1, 0.15) is 33.6 Å². The molecule has 1 unspecified atom stereocenters. The summed E-state index contributed by atoms with van der Waals surface area (Å²) in [5, 5.41) is 0. The lowest BCUT2D eigenvalue weighted by molar-refractivity contribution is 0.0220. The molecule has 1 aliphatic heterocycles. The van der Waals surface area contributed by atoms with Crippen molar-refractivity contribution in [2.45, 2.75) is 39.2 Å². The van der Waals surface area contributed by atoms with Crippen molar-refractivity contribution in [2.75, 3.05) is 20.3 Å². The monoisotopic (exact) mass is 198 g/mol. The van der Waals surface area contributed by atoms with Gasteiger partial charge in [0, 0.05) is 12.5 Å². The summed E-state index contributed by atoms with van der Waals surface area (Å²) in [5.74, 6) is 0. The lowest BCUT2D eigenvalue weighted by Gasteiger charge is -2.27. The van der Waals surface area contributed by atoms with Crippen LogP contribution in [0.3, 0.4) is 0 Å². The summed E-state index contributed by atoms with van der Waals surface area (Å²) in [7, 11) is 1.76. The van der Waals surface area contributed by atoms with Gasteiger partial charge in [-0.15, -0.1) is 6.58 Å². The van der Waals surface area contributed by atoms with Crippen molar-refractivity contribution in [3.63, 3.8) is 0 Å². The first-order valence-corrected chi connectivity index (χ1v) is 5.16. The summed E-state index contributed by atoms with van der Waals surface area (Å²) in [4.78, 5) is 0. The predicted molar refractivity (Wildman–Crippen MR) is 58.4 cm³/mol. The van der Waals surface area contributed by atoms with E-state index in [2.05, 4.69) is 27.4 Å². The van der Waals surface area contributed by atoms with Crippen molar-refractivity contribution in [1.82, 2.24) is 0 Å². The molecule has 2 heteroatoms. The van der Waals surface area contributed by atoms with E-state index in [1.54, 1.807) is 7.11 Å². The summed E-state index contributed by atoms with van der Waals surface area (Å²) < 4.78 is 11.1. The Bertz CT molecular complexity index is 220. The minimum atomic E-state index is -0.00597. The lowest BCUT2D eigenvalue weighted by Crippen LogP contribution is -2.28. The maximum atomic E-state index is 5.79. The third-order valence-electron chi connectivity index (χ3n) is 2.70. The molecule has 82 valence electrons. The zero-order valence-corrected chi connectivity index (χ0v) is 9.85. The van der Waals surface area contributed by atoms with Gasteiger partial charge in [-0.1, -0.05) is 5.57 Å². The zero-order valence-electron chi connectivity index (χ0n) is 9.85. The molecular weight excluding hydrogens is 176 g/mol. The van der Waals surface area contributed by atoms with Gasteiger partial charge in [-0.3, -0.25) is 0 Å². The number of allylic oxidation sites excluding steroid dienone is 1. The third-order valence-corrected chi connectivity index (χ3v) is 2.70. The number of hydrogen-bond donors (Lipinski definition) is 0. The molecule has 0 spiro atoms. The highest BCUT2D eigenvalue weighted by Gasteiger charge is 2.44. The summed E-state index contributed by atoms with van der Waals surface area (Å²) in [5.41, 5.74) is 1.36. The van der Waals surface area contributed by atoms with Gasteiger partial charge in [0.25, 0.3) is 0 Å². The first-order valence-electron chi connectivity index (χ1n) is 5.16. The van der Waals surface area contributed by atoms with Crippen molar-refractivity contribution in [3.8, 4) is 0 Å². The molecular formula is C12H22O2. The van der Waals surface area contributed by atoms with Crippen LogP contribution in [-0.4, -0.2) is 25.9 Å². The summed E-state index contributed by atoms with van der Waals surface area (Å²) in [6.45, 7) is 11.9. The predicted octanol–water partition coefficient (Wildman–Crippen LogP) is 2.78. The average Bonchev–Trinajstić information content (AvgIpc) is 2.26. The molecule has 0 aromatic heterocycles. The Morgan fingerprint density at radius 2 is 2.14 bits per heavy atom. The Kier molecular flexibility index (Phi) is 3.38. The first kappa shape index (κ1) is 11.7. The van der Waals surface area contributed by atoms with Crippen LogP contribution in [0, 0.1) is 5.41 Å². The molecule has 0 bridgehead atoms. The van der Waals surface area contributed by atoms with Gasteiger partial charge in [-0.25, -0.2) is 0 Å². The zero-order chi connectivity index (χ0) is 10.8. The summed E-state index contributed by atoms with van der Waals surface area (Å²) in [6, 6.07) is 0. The number of methoxy groups -OCH3 is 1. The van der Waals surface area contributed by atoms with E-state index in [1.807, 2.05) is 0 Å². The second-order valence-corrected chi connectivity index (χ2v) is 5.29. The highest BCUT2D eigenvalue weighted by molar-refractivity contribution is 5.02. The van der Waals surface area contributed by atoms with Gasteiger partial charge in [0.05, 0.1) is 18.8 Å². The Labute approximate surface area is 87.3 Å². The maximum Gasteiger partial charge on any atom is 0.0633 e. The minimum Gasteiger partial charge on any atom is -0.384 e. The van der Waals surface area contributed by atoms with Crippen LogP contribution in [-0.2, 0) is 9.47 Å². The minimum absolute atomic E-state index is 0.00597. The van der Waals surface area contributed by atoms with Gasteiger partial charge in [-0.05, 0) is 33.6 Å². The van der Waals surface area contributed by atoms with Crippen LogP contribution in [0.15, 0.2) is 12.2 Å². The molecule has 1 saturated heterocycles. The van der Waals surface area contributed by atoms with E-state index >= 15 is 0 Å². The van der Waals surface area contributed by atoms with Gasteiger partial charge >= 0.3 is 0 Å². The largest absolute Gasteiger partial charge is 0.384 e. The van der Waals surface area contributed by atoms with Crippen LogP contribution >= 0.6 is 0 Å². The molecule has 1 atom stereocenters. The fraction of sp³-hybridized carbons (Fsp3) is 0.833. The Balaban J connectivity index is 2.69. The van der Waals surface area contributed by atoms with Crippen LogP contribution in [0.4, 0.5) is 0 Å². The van der Waals surface area contributed by atoms with Crippen LogP contribution in [0.25, 0.3) is 0 Å². The van der Waals surface area contributed by atoms with Crippen molar-refractivity contribution in [3.05, 3.63) is 12.2 Å². The smallest absolute Gasteiger partial charge is 0.0633 e. The Morgan fingerprint density at radius 3 is 2.50 bits per heavy atom. The third kappa shape index (κ3) is 2.82. The molecule has 1 fully saturated rings. The lowest BCUT2D eigenvalue weighted by atomic mass is 9.78. The van der Waals surface area contributed by atoms with Gasteiger partial charge in [0.2, 0.25) is 0 Å². The van der Waals surface area contributed by atoms with Gasteiger partial charge in [0.15, 0.2) is 0 Å². The summed E-state index contributed by atoms with van der Waals surface area (Å²) in [6.07, 6.45) is 2.06.